The molecule has 100 valence electrons. The van der Waals surface area contributed by atoms with Crippen molar-refractivity contribution >= 4 is 0 Å². The molecule has 1 atom stereocenters. The van der Waals surface area contributed by atoms with Gasteiger partial charge in [0.05, 0.1) is 11.7 Å². The summed E-state index contributed by atoms with van der Waals surface area (Å²) >= 11 is 0. The Hall–Kier alpha value is -0.830. The van der Waals surface area contributed by atoms with Gasteiger partial charge in [-0.25, -0.2) is 0 Å². The number of hydrogen-bond donors (Lipinski definition) is 1. The Morgan fingerprint density at radius 3 is 2.61 bits per heavy atom. The molecule has 0 aliphatic heterocycles. The van der Waals surface area contributed by atoms with Crippen molar-refractivity contribution in [2.75, 3.05) is 6.54 Å². The van der Waals surface area contributed by atoms with Gasteiger partial charge in [-0.1, -0.05) is 0 Å². The molecular weight excluding hydrogens is 222 g/mol. The third-order valence-corrected chi connectivity index (χ3v) is 4.55. The van der Waals surface area contributed by atoms with Crippen LogP contribution in [0.4, 0.5) is 0 Å². The van der Waals surface area contributed by atoms with Crippen molar-refractivity contribution in [3.63, 3.8) is 0 Å². The predicted octanol–water partition coefficient (Wildman–Crippen LogP) is 2.77. The molecule has 2 aliphatic rings. The molecule has 0 aromatic carbocycles. The van der Waals surface area contributed by atoms with Crippen molar-refractivity contribution in [1.29, 1.82) is 0 Å². The zero-order chi connectivity index (χ0) is 12.7. The minimum atomic E-state index is 0.592. The molecule has 0 bridgehead atoms. The van der Waals surface area contributed by atoms with Crippen LogP contribution in [-0.2, 0) is 6.42 Å². The second kappa shape index (κ2) is 4.69. The summed E-state index contributed by atoms with van der Waals surface area (Å²) in [6, 6.07) is 1.40. The van der Waals surface area contributed by atoms with Crippen molar-refractivity contribution in [3.05, 3.63) is 17.0 Å². The topological polar surface area (TPSA) is 29.9 Å². The fourth-order valence-electron chi connectivity index (χ4n) is 2.92. The highest BCUT2D eigenvalue weighted by Crippen LogP contribution is 2.40. The molecule has 3 rings (SSSR count). The molecule has 0 amide bonds. The van der Waals surface area contributed by atoms with E-state index < -0.39 is 0 Å². The largest absolute Gasteiger partial charge is 0.314 e. The van der Waals surface area contributed by atoms with E-state index >= 15 is 0 Å². The molecular formula is C15H25N3. The normalized spacial score (nSPS) is 21.3. The van der Waals surface area contributed by atoms with Crippen LogP contribution in [0.25, 0.3) is 0 Å². The van der Waals surface area contributed by atoms with Crippen LogP contribution in [0.2, 0.25) is 0 Å². The maximum atomic E-state index is 4.77. The Morgan fingerprint density at radius 1 is 1.28 bits per heavy atom. The summed E-state index contributed by atoms with van der Waals surface area (Å²) in [4.78, 5) is 0. The van der Waals surface area contributed by atoms with E-state index in [0.29, 0.717) is 6.04 Å². The molecule has 2 saturated carbocycles. The molecule has 1 unspecified atom stereocenters. The van der Waals surface area contributed by atoms with Crippen LogP contribution in [0, 0.1) is 19.8 Å². The van der Waals surface area contributed by atoms with Crippen molar-refractivity contribution in [2.24, 2.45) is 5.92 Å². The second-order valence-corrected chi connectivity index (χ2v) is 6.15. The average molecular weight is 247 g/mol. The van der Waals surface area contributed by atoms with Gasteiger partial charge < -0.3 is 5.32 Å². The first kappa shape index (κ1) is 12.2. The van der Waals surface area contributed by atoms with Gasteiger partial charge in [-0.05, 0) is 70.9 Å². The highest BCUT2D eigenvalue weighted by molar-refractivity contribution is 5.25. The van der Waals surface area contributed by atoms with Gasteiger partial charge in [-0.15, -0.1) is 0 Å². The van der Waals surface area contributed by atoms with Crippen LogP contribution >= 0.6 is 0 Å². The molecule has 0 spiro atoms. The third-order valence-electron chi connectivity index (χ3n) is 4.55. The van der Waals surface area contributed by atoms with Crippen molar-refractivity contribution in [3.8, 4) is 0 Å². The Morgan fingerprint density at radius 2 is 2.00 bits per heavy atom. The summed E-state index contributed by atoms with van der Waals surface area (Å²) in [6.07, 6.45) is 6.65. The molecule has 2 fully saturated rings. The lowest BCUT2D eigenvalue weighted by Crippen LogP contribution is -2.19. The van der Waals surface area contributed by atoms with Crippen molar-refractivity contribution in [1.82, 2.24) is 15.1 Å². The summed E-state index contributed by atoms with van der Waals surface area (Å²) in [5.74, 6) is 0.875. The number of aryl methyl sites for hydroxylation is 1. The Labute approximate surface area is 110 Å². The number of hydrogen-bond acceptors (Lipinski definition) is 2. The van der Waals surface area contributed by atoms with Gasteiger partial charge in [0.1, 0.15) is 0 Å². The van der Waals surface area contributed by atoms with E-state index in [1.54, 1.807) is 0 Å². The van der Waals surface area contributed by atoms with E-state index in [4.69, 9.17) is 5.10 Å². The molecule has 3 heteroatoms. The molecule has 18 heavy (non-hydrogen) atoms. The van der Waals surface area contributed by atoms with Gasteiger partial charge >= 0.3 is 0 Å². The van der Waals surface area contributed by atoms with Gasteiger partial charge in [-0.2, -0.15) is 5.10 Å². The van der Waals surface area contributed by atoms with Gasteiger partial charge in [-0.3, -0.25) is 4.68 Å². The number of nitrogens with one attached hydrogen (secondary N) is 1. The summed E-state index contributed by atoms with van der Waals surface area (Å²) in [7, 11) is 0. The zero-order valence-corrected chi connectivity index (χ0v) is 11.9. The third kappa shape index (κ3) is 2.46. The fraction of sp³-hybridized carbons (Fsp3) is 0.800. The summed E-state index contributed by atoms with van der Waals surface area (Å²) in [5.41, 5.74) is 4.10. The van der Waals surface area contributed by atoms with Crippen LogP contribution in [0.5, 0.6) is 0 Å². The molecule has 1 N–H and O–H groups in total. The minimum Gasteiger partial charge on any atom is -0.314 e. The molecule has 0 saturated heterocycles. The van der Waals surface area contributed by atoms with Crippen LogP contribution in [0.3, 0.4) is 0 Å². The quantitative estimate of drug-likeness (QED) is 0.837. The van der Waals surface area contributed by atoms with Gasteiger partial charge in [0.2, 0.25) is 0 Å². The van der Waals surface area contributed by atoms with Crippen molar-refractivity contribution < 1.29 is 0 Å². The summed E-state index contributed by atoms with van der Waals surface area (Å²) in [6.45, 7) is 7.83. The molecule has 0 radical (unpaired) electrons. The average Bonchev–Trinajstić information content (AvgIpc) is 3.23. The van der Waals surface area contributed by atoms with Crippen LogP contribution in [0.1, 0.15) is 55.6 Å². The molecule has 2 aliphatic carbocycles. The zero-order valence-electron chi connectivity index (χ0n) is 11.9. The Balaban J connectivity index is 1.67. The predicted molar refractivity (Wildman–Crippen MR) is 73.9 cm³/mol. The van der Waals surface area contributed by atoms with Crippen molar-refractivity contribution in [2.45, 2.75) is 65.0 Å². The second-order valence-electron chi connectivity index (χ2n) is 6.15. The van der Waals surface area contributed by atoms with E-state index in [0.717, 1.165) is 24.9 Å². The standard InChI is InChI=1S/C15H25N3/c1-10-15(8-9-16-14-6-7-14)12(3)18(17-10)11(2)13-4-5-13/h11,13-14,16H,4-9H2,1-3H3. The van der Waals surface area contributed by atoms with E-state index in [1.165, 1.54) is 42.6 Å². The maximum Gasteiger partial charge on any atom is 0.0629 e. The van der Waals surface area contributed by atoms with Crippen LogP contribution in [-0.4, -0.2) is 22.4 Å². The molecule has 1 aromatic heterocycles. The summed E-state index contributed by atoms with van der Waals surface area (Å²) in [5, 5.41) is 8.37. The fourth-order valence-corrected chi connectivity index (χ4v) is 2.92. The minimum absolute atomic E-state index is 0.592. The number of rotatable bonds is 6. The molecule has 1 heterocycles. The van der Waals surface area contributed by atoms with E-state index in [-0.39, 0.29) is 0 Å². The van der Waals surface area contributed by atoms with Crippen LogP contribution in [0.15, 0.2) is 0 Å². The first-order chi connectivity index (χ1) is 8.66. The first-order valence-electron chi connectivity index (χ1n) is 7.44. The van der Waals surface area contributed by atoms with E-state index in [2.05, 4.69) is 30.8 Å². The number of aromatic nitrogens is 2. The van der Waals surface area contributed by atoms with E-state index in [9.17, 15) is 0 Å². The lowest BCUT2D eigenvalue weighted by molar-refractivity contribution is 0.429. The van der Waals surface area contributed by atoms with Gasteiger partial charge in [0.25, 0.3) is 0 Å². The number of nitrogens with zero attached hydrogens (tertiary/aromatic N) is 2. The lowest BCUT2D eigenvalue weighted by Gasteiger charge is -2.13. The monoisotopic (exact) mass is 247 g/mol. The summed E-state index contributed by atoms with van der Waals surface area (Å²) < 4.78 is 2.28. The first-order valence-corrected chi connectivity index (χ1v) is 7.44. The smallest absolute Gasteiger partial charge is 0.0629 e. The lowest BCUT2D eigenvalue weighted by atomic mass is 10.1. The van der Waals surface area contributed by atoms with Gasteiger partial charge in [0.15, 0.2) is 0 Å². The molecule has 3 nitrogen and oxygen atoms in total. The van der Waals surface area contributed by atoms with Gasteiger partial charge in [0, 0.05) is 11.7 Å². The molecule has 1 aromatic rings. The van der Waals surface area contributed by atoms with E-state index in [1.807, 2.05) is 0 Å². The van der Waals surface area contributed by atoms with Crippen LogP contribution < -0.4 is 5.32 Å². The Kier molecular flexibility index (Phi) is 3.18. The highest BCUT2D eigenvalue weighted by atomic mass is 15.3. The maximum absolute atomic E-state index is 4.77. The SMILES string of the molecule is Cc1nn(C(C)C2CC2)c(C)c1CCNC1CC1. The highest BCUT2D eigenvalue weighted by Gasteiger charge is 2.31. The Bertz CT molecular complexity index is 427.